The van der Waals surface area contributed by atoms with Crippen LogP contribution < -0.4 is 10.6 Å². The maximum Gasteiger partial charge on any atom is 0.108 e. The van der Waals surface area contributed by atoms with E-state index in [-0.39, 0.29) is 5.60 Å². The van der Waals surface area contributed by atoms with E-state index < -0.39 is 0 Å². The van der Waals surface area contributed by atoms with Crippen molar-refractivity contribution in [3.8, 4) is 0 Å². The Kier molecular flexibility index (Phi) is 2.58. The summed E-state index contributed by atoms with van der Waals surface area (Å²) in [6.45, 7) is 8.48. The van der Waals surface area contributed by atoms with Crippen LogP contribution in [0.15, 0.2) is 0 Å². The maximum atomic E-state index is 5.89. The van der Waals surface area contributed by atoms with Gasteiger partial charge in [-0.1, -0.05) is 13.8 Å². The monoisotopic (exact) mass is 184 g/mol. The molecule has 0 bridgehead atoms. The van der Waals surface area contributed by atoms with Gasteiger partial charge in [-0.2, -0.15) is 0 Å². The standard InChI is InChI=1S/C10H20N2O/c1-8(2)5-9-10(6-11-7-10)13-4-3-12-9/h8-9,11-12H,3-7H2,1-2H3. The summed E-state index contributed by atoms with van der Waals surface area (Å²) in [4.78, 5) is 0. The van der Waals surface area contributed by atoms with E-state index in [1.54, 1.807) is 0 Å². The molecule has 3 heteroatoms. The average molecular weight is 184 g/mol. The van der Waals surface area contributed by atoms with Gasteiger partial charge in [-0.3, -0.25) is 0 Å². The number of hydrogen-bond donors (Lipinski definition) is 2. The molecular formula is C10H20N2O. The third-order valence-electron chi connectivity index (χ3n) is 3.07. The Balaban J connectivity index is 1.97. The molecule has 2 aliphatic heterocycles. The highest BCUT2D eigenvalue weighted by molar-refractivity contribution is 5.05. The number of morpholine rings is 1. The maximum absolute atomic E-state index is 5.89. The van der Waals surface area contributed by atoms with Gasteiger partial charge in [0, 0.05) is 25.7 Å². The molecule has 2 N–H and O–H groups in total. The van der Waals surface area contributed by atoms with Gasteiger partial charge < -0.3 is 15.4 Å². The molecule has 1 unspecified atom stereocenters. The highest BCUT2D eigenvalue weighted by Crippen LogP contribution is 2.27. The van der Waals surface area contributed by atoms with E-state index >= 15 is 0 Å². The molecule has 0 aromatic rings. The van der Waals surface area contributed by atoms with Gasteiger partial charge in [0.1, 0.15) is 5.60 Å². The Hall–Kier alpha value is -0.120. The lowest BCUT2D eigenvalue weighted by Crippen LogP contribution is -2.73. The van der Waals surface area contributed by atoms with Crippen LogP contribution in [0.2, 0.25) is 0 Å². The third kappa shape index (κ3) is 1.73. The van der Waals surface area contributed by atoms with Gasteiger partial charge in [-0.15, -0.1) is 0 Å². The van der Waals surface area contributed by atoms with Gasteiger partial charge in [0.2, 0.25) is 0 Å². The molecule has 0 aromatic carbocycles. The van der Waals surface area contributed by atoms with Crippen LogP contribution in [0.25, 0.3) is 0 Å². The molecule has 0 aromatic heterocycles. The fourth-order valence-electron chi connectivity index (χ4n) is 2.26. The molecule has 0 saturated carbocycles. The van der Waals surface area contributed by atoms with E-state index in [0.717, 1.165) is 32.2 Å². The molecule has 2 aliphatic rings. The Morgan fingerprint density at radius 3 is 2.77 bits per heavy atom. The van der Waals surface area contributed by atoms with Crippen molar-refractivity contribution in [3.63, 3.8) is 0 Å². The SMILES string of the molecule is CC(C)CC1NCCOC12CNC2. The van der Waals surface area contributed by atoms with Crippen molar-refractivity contribution in [3.05, 3.63) is 0 Å². The normalized spacial score (nSPS) is 32.1. The summed E-state index contributed by atoms with van der Waals surface area (Å²) < 4.78 is 5.89. The van der Waals surface area contributed by atoms with E-state index in [1.165, 1.54) is 6.42 Å². The van der Waals surface area contributed by atoms with Crippen LogP contribution in [-0.4, -0.2) is 37.9 Å². The highest BCUT2D eigenvalue weighted by Gasteiger charge is 2.46. The van der Waals surface area contributed by atoms with Gasteiger partial charge in [-0.25, -0.2) is 0 Å². The van der Waals surface area contributed by atoms with Gasteiger partial charge in [0.15, 0.2) is 0 Å². The van der Waals surface area contributed by atoms with Crippen LogP contribution in [0.1, 0.15) is 20.3 Å². The number of rotatable bonds is 2. The van der Waals surface area contributed by atoms with E-state index in [0.29, 0.717) is 6.04 Å². The van der Waals surface area contributed by atoms with E-state index in [9.17, 15) is 0 Å². The molecule has 0 amide bonds. The van der Waals surface area contributed by atoms with Crippen LogP contribution >= 0.6 is 0 Å². The van der Waals surface area contributed by atoms with Crippen molar-refractivity contribution >= 4 is 0 Å². The van der Waals surface area contributed by atoms with E-state index in [2.05, 4.69) is 24.5 Å². The molecule has 2 fully saturated rings. The molecule has 0 radical (unpaired) electrons. The van der Waals surface area contributed by atoms with Crippen molar-refractivity contribution in [2.45, 2.75) is 31.9 Å². The largest absolute Gasteiger partial charge is 0.369 e. The number of hydrogen-bond acceptors (Lipinski definition) is 3. The Morgan fingerprint density at radius 1 is 1.46 bits per heavy atom. The summed E-state index contributed by atoms with van der Waals surface area (Å²) in [5.41, 5.74) is 0.127. The quantitative estimate of drug-likeness (QED) is 0.650. The zero-order valence-electron chi connectivity index (χ0n) is 8.60. The Bertz CT molecular complexity index is 178. The van der Waals surface area contributed by atoms with E-state index in [1.807, 2.05) is 0 Å². The molecule has 1 atom stereocenters. The lowest BCUT2D eigenvalue weighted by atomic mass is 9.82. The first kappa shape index (κ1) is 9.44. The second-order valence-corrected chi connectivity index (χ2v) is 4.65. The zero-order chi connectivity index (χ0) is 9.31. The third-order valence-corrected chi connectivity index (χ3v) is 3.07. The predicted octanol–water partition coefficient (Wildman–Crippen LogP) is 0.363. The lowest BCUT2D eigenvalue weighted by Gasteiger charge is -2.51. The van der Waals surface area contributed by atoms with Gasteiger partial charge in [-0.05, 0) is 12.3 Å². The first-order chi connectivity index (χ1) is 6.23. The van der Waals surface area contributed by atoms with Crippen LogP contribution in [-0.2, 0) is 4.74 Å². The summed E-state index contributed by atoms with van der Waals surface area (Å²) in [5.74, 6) is 0.747. The second-order valence-electron chi connectivity index (χ2n) is 4.65. The molecule has 2 saturated heterocycles. The minimum absolute atomic E-state index is 0.127. The van der Waals surface area contributed by atoms with Crippen molar-refractivity contribution in [2.24, 2.45) is 5.92 Å². The minimum Gasteiger partial charge on any atom is -0.369 e. The van der Waals surface area contributed by atoms with Crippen molar-refractivity contribution in [1.82, 2.24) is 10.6 Å². The predicted molar refractivity (Wildman–Crippen MR) is 52.8 cm³/mol. The molecular weight excluding hydrogens is 164 g/mol. The first-order valence-electron chi connectivity index (χ1n) is 5.31. The minimum atomic E-state index is 0.127. The molecule has 1 spiro atoms. The van der Waals surface area contributed by atoms with Crippen molar-refractivity contribution in [2.75, 3.05) is 26.2 Å². The van der Waals surface area contributed by atoms with Crippen LogP contribution in [0.3, 0.4) is 0 Å². The molecule has 2 rings (SSSR count). The fraction of sp³-hybridized carbons (Fsp3) is 1.00. The average Bonchev–Trinajstić information content (AvgIpc) is 2.01. The smallest absolute Gasteiger partial charge is 0.108 e. The van der Waals surface area contributed by atoms with Crippen LogP contribution in [0, 0.1) is 5.92 Å². The van der Waals surface area contributed by atoms with Crippen molar-refractivity contribution < 1.29 is 4.74 Å². The summed E-state index contributed by atoms with van der Waals surface area (Å²) >= 11 is 0. The van der Waals surface area contributed by atoms with Gasteiger partial charge in [0.25, 0.3) is 0 Å². The molecule has 3 nitrogen and oxygen atoms in total. The molecule has 2 heterocycles. The van der Waals surface area contributed by atoms with Crippen LogP contribution in [0.5, 0.6) is 0 Å². The summed E-state index contributed by atoms with van der Waals surface area (Å²) in [6.07, 6.45) is 1.22. The van der Waals surface area contributed by atoms with Gasteiger partial charge in [0.05, 0.1) is 6.61 Å². The molecule has 13 heavy (non-hydrogen) atoms. The molecule has 76 valence electrons. The first-order valence-corrected chi connectivity index (χ1v) is 5.31. The summed E-state index contributed by atoms with van der Waals surface area (Å²) in [6, 6.07) is 0.558. The lowest BCUT2D eigenvalue weighted by molar-refractivity contribution is -0.130. The molecule has 0 aliphatic carbocycles. The topological polar surface area (TPSA) is 33.3 Å². The van der Waals surface area contributed by atoms with Crippen molar-refractivity contribution in [1.29, 1.82) is 0 Å². The Labute approximate surface area is 80.2 Å². The fourth-order valence-corrected chi connectivity index (χ4v) is 2.26. The summed E-state index contributed by atoms with van der Waals surface area (Å²) in [7, 11) is 0. The number of nitrogens with one attached hydrogen (secondary N) is 2. The highest BCUT2D eigenvalue weighted by atomic mass is 16.5. The zero-order valence-corrected chi connectivity index (χ0v) is 8.60. The second kappa shape index (κ2) is 3.56. The number of ether oxygens (including phenoxy) is 1. The summed E-state index contributed by atoms with van der Waals surface area (Å²) in [5, 5.41) is 6.89. The Morgan fingerprint density at radius 2 is 2.23 bits per heavy atom. The van der Waals surface area contributed by atoms with Crippen LogP contribution in [0.4, 0.5) is 0 Å². The van der Waals surface area contributed by atoms with E-state index in [4.69, 9.17) is 4.74 Å². The van der Waals surface area contributed by atoms with Gasteiger partial charge >= 0.3 is 0 Å².